The Bertz CT molecular complexity index is 349. The summed E-state index contributed by atoms with van der Waals surface area (Å²) in [6.07, 6.45) is 3.03. The lowest BCUT2D eigenvalue weighted by atomic mass is 9.88. The van der Waals surface area contributed by atoms with Gasteiger partial charge in [-0.3, -0.25) is 0 Å². The summed E-state index contributed by atoms with van der Waals surface area (Å²) in [5.74, 6) is 0.621. The molecule has 0 aliphatic heterocycles. The Balaban J connectivity index is 2.12. The largest absolute Gasteiger partial charge is 0.384 e. The van der Waals surface area contributed by atoms with Gasteiger partial charge in [-0.05, 0) is 37.3 Å². The minimum Gasteiger partial charge on any atom is -0.384 e. The third kappa shape index (κ3) is 2.70. The molecule has 2 unspecified atom stereocenters. The third-order valence-electron chi connectivity index (χ3n) is 3.67. The van der Waals surface area contributed by atoms with Gasteiger partial charge in [0.2, 0.25) is 0 Å². The van der Waals surface area contributed by atoms with Crippen LogP contribution in [0.15, 0.2) is 30.3 Å². The molecule has 17 heavy (non-hydrogen) atoms. The lowest BCUT2D eigenvalue weighted by molar-refractivity contribution is 0.0153. The minimum atomic E-state index is -0.670. The van der Waals surface area contributed by atoms with E-state index in [-0.39, 0.29) is 6.04 Å². The molecule has 2 heteroatoms. The Morgan fingerprint density at radius 1 is 1.35 bits per heavy atom. The summed E-state index contributed by atoms with van der Waals surface area (Å²) in [6.45, 7) is 5.37. The molecule has 1 fully saturated rings. The van der Waals surface area contributed by atoms with Crippen molar-refractivity contribution in [1.29, 1.82) is 0 Å². The number of aliphatic hydroxyl groups is 1. The standard InChI is InChI=1S/C15H23NO/c1-12(2)11-16-14-9-6-10-15(14,17)13-7-4-3-5-8-13/h3-5,7-8,12,14,16-17H,6,9-11H2,1-2H3. The molecule has 2 nitrogen and oxygen atoms in total. The molecule has 2 atom stereocenters. The number of rotatable bonds is 4. The zero-order valence-electron chi connectivity index (χ0n) is 10.8. The maximum Gasteiger partial charge on any atom is 0.105 e. The fourth-order valence-corrected chi connectivity index (χ4v) is 2.71. The molecule has 2 rings (SSSR count). The van der Waals surface area contributed by atoms with Crippen molar-refractivity contribution in [3.8, 4) is 0 Å². The van der Waals surface area contributed by atoms with Crippen LogP contribution in [0.2, 0.25) is 0 Å². The van der Waals surface area contributed by atoms with Crippen molar-refractivity contribution >= 4 is 0 Å². The Morgan fingerprint density at radius 2 is 2.06 bits per heavy atom. The second-order valence-corrected chi connectivity index (χ2v) is 5.54. The summed E-state index contributed by atoms with van der Waals surface area (Å²) in [7, 11) is 0. The van der Waals surface area contributed by atoms with Gasteiger partial charge in [-0.25, -0.2) is 0 Å². The summed E-state index contributed by atoms with van der Waals surface area (Å²) < 4.78 is 0. The SMILES string of the molecule is CC(C)CNC1CCCC1(O)c1ccccc1. The lowest BCUT2D eigenvalue weighted by Crippen LogP contribution is -2.45. The average Bonchev–Trinajstić information content (AvgIpc) is 2.70. The predicted molar refractivity (Wildman–Crippen MR) is 70.8 cm³/mol. The molecular formula is C15H23NO. The zero-order chi connectivity index (χ0) is 12.3. The Morgan fingerprint density at radius 3 is 2.71 bits per heavy atom. The molecule has 0 amide bonds. The van der Waals surface area contributed by atoms with Gasteiger partial charge in [0, 0.05) is 6.04 Å². The summed E-state index contributed by atoms with van der Waals surface area (Å²) in [6, 6.07) is 10.3. The van der Waals surface area contributed by atoms with Crippen LogP contribution < -0.4 is 5.32 Å². The van der Waals surface area contributed by atoms with Crippen LogP contribution in [0.25, 0.3) is 0 Å². The summed E-state index contributed by atoms with van der Waals surface area (Å²) >= 11 is 0. The number of hydrogen-bond donors (Lipinski definition) is 2. The van der Waals surface area contributed by atoms with Crippen molar-refractivity contribution in [2.45, 2.75) is 44.8 Å². The van der Waals surface area contributed by atoms with Crippen molar-refractivity contribution in [3.63, 3.8) is 0 Å². The number of nitrogens with one attached hydrogen (secondary N) is 1. The molecule has 0 aromatic heterocycles. The van der Waals surface area contributed by atoms with E-state index in [9.17, 15) is 5.11 Å². The molecule has 0 saturated heterocycles. The van der Waals surface area contributed by atoms with Gasteiger partial charge in [0.1, 0.15) is 5.60 Å². The fourth-order valence-electron chi connectivity index (χ4n) is 2.71. The van der Waals surface area contributed by atoms with Crippen molar-refractivity contribution in [2.75, 3.05) is 6.54 Å². The summed E-state index contributed by atoms with van der Waals surface area (Å²) in [5, 5.41) is 14.4. The van der Waals surface area contributed by atoms with E-state index in [1.807, 2.05) is 30.3 Å². The van der Waals surface area contributed by atoms with E-state index in [0.717, 1.165) is 31.4 Å². The van der Waals surface area contributed by atoms with E-state index in [0.29, 0.717) is 5.92 Å². The maximum atomic E-state index is 10.9. The van der Waals surface area contributed by atoms with Crippen LogP contribution in [-0.2, 0) is 5.60 Å². The zero-order valence-corrected chi connectivity index (χ0v) is 10.8. The quantitative estimate of drug-likeness (QED) is 0.838. The summed E-state index contributed by atoms with van der Waals surface area (Å²) in [5.41, 5.74) is 0.384. The molecule has 1 aliphatic carbocycles. The minimum absolute atomic E-state index is 0.201. The first-order valence-electron chi connectivity index (χ1n) is 6.64. The molecule has 1 aromatic carbocycles. The summed E-state index contributed by atoms with van der Waals surface area (Å²) in [4.78, 5) is 0. The molecule has 2 N–H and O–H groups in total. The molecule has 0 radical (unpaired) electrons. The van der Waals surface area contributed by atoms with Crippen molar-refractivity contribution in [3.05, 3.63) is 35.9 Å². The molecule has 0 heterocycles. The van der Waals surface area contributed by atoms with Crippen LogP contribution >= 0.6 is 0 Å². The van der Waals surface area contributed by atoms with E-state index < -0.39 is 5.60 Å². The Kier molecular flexibility index (Phi) is 3.85. The van der Waals surface area contributed by atoms with Gasteiger partial charge in [0.25, 0.3) is 0 Å². The second-order valence-electron chi connectivity index (χ2n) is 5.54. The van der Waals surface area contributed by atoms with Crippen molar-refractivity contribution in [1.82, 2.24) is 5.32 Å². The second kappa shape index (κ2) is 5.19. The van der Waals surface area contributed by atoms with Crippen LogP contribution in [-0.4, -0.2) is 17.7 Å². The highest BCUT2D eigenvalue weighted by molar-refractivity contribution is 5.25. The molecule has 1 aromatic rings. The molecule has 94 valence electrons. The van der Waals surface area contributed by atoms with Crippen LogP contribution in [0, 0.1) is 5.92 Å². The topological polar surface area (TPSA) is 32.3 Å². The van der Waals surface area contributed by atoms with Gasteiger partial charge < -0.3 is 10.4 Å². The Hall–Kier alpha value is -0.860. The van der Waals surface area contributed by atoms with E-state index in [2.05, 4.69) is 19.2 Å². The van der Waals surface area contributed by atoms with E-state index in [4.69, 9.17) is 0 Å². The fraction of sp³-hybridized carbons (Fsp3) is 0.600. The Labute approximate surface area is 104 Å². The predicted octanol–water partition coefficient (Wildman–Crippen LogP) is 2.67. The smallest absolute Gasteiger partial charge is 0.105 e. The van der Waals surface area contributed by atoms with Gasteiger partial charge in [-0.15, -0.1) is 0 Å². The van der Waals surface area contributed by atoms with Gasteiger partial charge in [-0.2, -0.15) is 0 Å². The van der Waals surface area contributed by atoms with Crippen molar-refractivity contribution in [2.24, 2.45) is 5.92 Å². The highest BCUT2D eigenvalue weighted by Crippen LogP contribution is 2.38. The molecule has 0 spiro atoms. The average molecular weight is 233 g/mol. The first-order valence-corrected chi connectivity index (χ1v) is 6.64. The van der Waals surface area contributed by atoms with Gasteiger partial charge in [0.15, 0.2) is 0 Å². The first-order chi connectivity index (χ1) is 8.13. The highest BCUT2D eigenvalue weighted by Gasteiger charge is 2.42. The maximum absolute atomic E-state index is 10.9. The van der Waals surface area contributed by atoms with Crippen LogP contribution in [0.1, 0.15) is 38.7 Å². The highest BCUT2D eigenvalue weighted by atomic mass is 16.3. The lowest BCUT2D eigenvalue weighted by Gasteiger charge is -2.32. The van der Waals surface area contributed by atoms with Gasteiger partial charge >= 0.3 is 0 Å². The molecular weight excluding hydrogens is 210 g/mol. The van der Waals surface area contributed by atoms with Crippen LogP contribution in [0.3, 0.4) is 0 Å². The number of hydrogen-bond acceptors (Lipinski definition) is 2. The molecule has 1 aliphatic rings. The van der Waals surface area contributed by atoms with Crippen LogP contribution in [0.4, 0.5) is 0 Å². The first kappa shape index (κ1) is 12.6. The number of benzene rings is 1. The van der Waals surface area contributed by atoms with E-state index in [1.165, 1.54) is 0 Å². The van der Waals surface area contributed by atoms with Gasteiger partial charge in [0.05, 0.1) is 0 Å². The normalized spacial score (nSPS) is 28.8. The van der Waals surface area contributed by atoms with Crippen molar-refractivity contribution < 1.29 is 5.11 Å². The molecule has 0 bridgehead atoms. The van der Waals surface area contributed by atoms with E-state index in [1.54, 1.807) is 0 Å². The third-order valence-corrected chi connectivity index (χ3v) is 3.67. The van der Waals surface area contributed by atoms with Crippen LogP contribution in [0.5, 0.6) is 0 Å². The monoisotopic (exact) mass is 233 g/mol. The van der Waals surface area contributed by atoms with E-state index >= 15 is 0 Å². The molecule has 1 saturated carbocycles. The van der Waals surface area contributed by atoms with Gasteiger partial charge in [-0.1, -0.05) is 44.2 Å².